The fourth-order valence-electron chi connectivity index (χ4n) is 2.13. The molecular weight excluding hydrogens is 371 g/mol. The fraction of sp³-hybridized carbons (Fsp3) is 0.0625. The minimum atomic E-state index is 0.569. The van der Waals surface area contributed by atoms with Crippen LogP contribution in [-0.2, 0) is 6.54 Å². The smallest absolute Gasteiger partial charge is 0.140 e. The van der Waals surface area contributed by atoms with Crippen LogP contribution in [-0.4, -0.2) is 9.55 Å². The van der Waals surface area contributed by atoms with E-state index in [2.05, 4.69) is 25.5 Å². The van der Waals surface area contributed by atoms with Gasteiger partial charge in [0.25, 0.3) is 0 Å². The van der Waals surface area contributed by atoms with Gasteiger partial charge in [-0.1, -0.05) is 57.3 Å². The molecule has 1 heterocycles. The number of nitrogens with zero attached hydrogens (tertiary/aromatic N) is 2. The summed E-state index contributed by atoms with van der Waals surface area (Å²) in [5.41, 5.74) is 2.16. The van der Waals surface area contributed by atoms with Crippen LogP contribution in [0, 0.1) is 0 Å². The summed E-state index contributed by atoms with van der Waals surface area (Å²) in [7, 11) is 0. The predicted molar refractivity (Wildman–Crippen MR) is 90.9 cm³/mol. The molecular formula is C16H11BrCl2N2. The summed E-state index contributed by atoms with van der Waals surface area (Å²) in [6.07, 6.45) is 3.76. The Morgan fingerprint density at radius 1 is 1.00 bits per heavy atom. The lowest BCUT2D eigenvalue weighted by Crippen LogP contribution is -2.01. The molecule has 0 aliphatic carbocycles. The Hall–Kier alpha value is -1.29. The minimum absolute atomic E-state index is 0.569. The molecule has 3 rings (SSSR count). The molecule has 0 aliphatic heterocycles. The SMILES string of the molecule is Clc1ccc(Cn2ccnc2-c2ccc(Br)cc2)cc1Cl. The van der Waals surface area contributed by atoms with Crippen molar-refractivity contribution in [2.75, 3.05) is 0 Å². The highest BCUT2D eigenvalue weighted by Crippen LogP contribution is 2.25. The maximum absolute atomic E-state index is 6.07. The van der Waals surface area contributed by atoms with Crippen LogP contribution in [0.15, 0.2) is 59.3 Å². The van der Waals surface area contributed by atoms with Crippen molar-refractivity contribution < 1.29 is 0 Å². The first-order chi connectivity index (χ1) is 10.1. The molecule has 3 aromatic rings. The predicted octanol–water partition coefficient (Wildman–Crippen LogP) is 5.67. The van der Waals surface area contributed by atoms with Crippen molar-refractivity contribution in [2.45, 2.75) is 6.54 Å². The Bertz CT molecular complexity index is 766. The van der Waals surface area contributed by atoms with E-state index < -0.39 is 0 Å². The van der Waals surface area contributed by atoms with Crippen LogP contribution in [0.5, 0.6) is 0 Å². The third-order valence-corrected chi connectivity index (χ3v) is 4.42. The van der Waals surface area contributed by atoms with Crippen LogP contribution >= 0.6 is 39.1 Å². The van der Waals surface area contributed by atoms with Gasteiger partial charge in [-0.15, -0.1) is 0 Å². The summed E-state index contributed by atoms with van der Waals surface area (Å²) in [5.74, 6) is 0.925. The summed E-state index contributed by atoms with van der Waals surface area (Å²) in [4.78, 5) is 4.44. The molecule has 2 aromatic carbocycles. The Morgan fingerprint density at radius 3 is 2.48 bits per heavy atom. The topological polar surface area (TPSA) is 17.8 Å². The molecule has 1 aromatic heterocycles. The van der Waals surface area contributed by atoms with Crippen LogP contribution in [0.3, 0.4) is 0 Å². The second-order valence-electron chi connectivity index (χ2n) is 4.63. The first-order valence-electron chi connectivity index (χ1n) is 6.34. The molecule has 5 heteroatoms. The molecule has 0 bridgehead atoms. The van der Waals surface area contributed by atoms with Gasteiger partial charge in [-0.05, 0) is 29.8 Å². The molecule has 0 spiro atoms. The molecule has 2 nitrogen and oxygen atoms in total. The number of benzene rings is 2. The molecule has 0 atom stereocenters. The van der Waals surface area contributed by atoms with E-state index in [1.807, 2.05) is 48.7 Å². The maximum Gasteiger partial charge on any atom is 0.140 e. The van der Waals surface area contributed by atoms with E-state index in [0.29, 0.717) is 16.6 Å². The number of aromatic nitrogens is 2. The van der Waals surface area contributed by atoms with Crippen LogP contribution in [0.1, 0.15) is 5.56 Å². The second-order valence-corrected chi connectivity index (χ2v) is 6.36. The number of hydrogen-bond acceptors (Lipinski definition) is 1. The molecule has 0 saturated heterocycles. The Morgan fingerprint density at radius 2 is 1.76 bits per heavy atom. The average Bonchev–Trinajstić information content (AvgIpc) is 2.92. The number of hydrogen-bond donors (Lipinski definition) is 0. The maximum atomic E-state index is 6.07. The van der Waals surface area contributed by atoms with Crippen molar-refractivity contribution in [2.24, 2.45) is 0 Å². The van der Waals surface area contributed by atoms with E-state index in [0.717, 1.165) is 21.4 Å². The molecule has 106 valence electrons. The van der Waals surface area contributed by atoms with Crippen molar-refractivity contribution in [3.05, 3.63) is 74.9 Å². The van der Waals surface area contributed by atoms with Crippen molar-refractivity contribution in [1.29, 1.82) is 0 Å². The normalized spacial score (nSPS) is 10.8. The lowest BCUT2D eigenvalue weighted by Gasteiger charge is -2.09. The van der Waals surface area contributed by atoms with Crippen LogP contribution in [0.2, 0.25) is 10.0 Å². The Kier molecular flexibility index (Phi) is 4.34. The van der Waals surface area contributed by atoms with Gasteiger partial charge >= 0.3 is 0 Å². The monoisotopic (exact) mass is 380 g/mol. The van der Waals surface area contributed by atoms with E-state index in [-0.39, 0.29) is 0 Å². The van der Waals surface area contributed by atoms with Gasteiger partial charge < -0.3 is 4.57 Å². The van der Waals surface area contributed by atoms with Gasteiger partial charge in [-0.2, -0.15) is 0 Å². The second kappa shape index (κ2) is 6.22. The Labute approximate surface area is 141 Å². The third kappa shape index (κ3) is 3.31. The van der Waals surface area contributed by atoms with Crippen molar-refractivity contribution in [3.8, 4) is 11.4 Å². The zero-order valence-corrected chi connectivity index (χ0v) is 14.0. The standard InChI is InChI=1S/C16H11BrCl2N2/c17-13-4-2-12(3-5-13)16-20-7-8-21(16)10-11-1-6-14(18)15(19)9-11/h1-9H,10H2. The largest absolute Gasteiger partial charge is 0.327 e. The lowest BCUT2D eigenvalue weighted by molar-refractivity contribution is 0.807. The average molecular weight is 382 g/mol. The van der Waals surface area contributed by atoms with E-state index in [9.17, 15) is 0 Å². The van der Waals surface area contributed by atoms with Crippen LogP contribution in [0.25, 0.3) is 11.4 Å². The molecule has 0 N–H and O–H groups in total. The van der Waals surface area contributed by atoms with Gasteiger partial charge in [0.2, 0.25) is 0 Å². The summed E-state index contributed by atoms with van der Waals surface area (Å²) in [6, 6.07) is 13.8. The summed E-state index contributed by atoms with van der Waals surface area (Å²) < 4.78 is 3.14. The van der Waals surface area contributed by atoms with Crippen molar-refractivity contribution >= 4 is 39.1 Å². The number of imidazole rings is 1. The van der Waals surface area contributed by atoms with Gasteiger partial charge in [0.15, 0.2) is 0 Å². The van der Waals surface area contributed by atoms with Crippen LogP contribution < -0.4 is 0 Å². The minimum Gasteiger partial charge on any atom is -0.327 e. The van der Waals surface area contributed by atoms with E-state index >= 15 is 0 Å². The zero-order valence-electron chi connectivity index (χ0n) is 10.9. The molecule has 0 radical (unpaired) electrons. The van der Waals surface area contributed by atoms with Crippen LogP contribution in [0.4, 0.5) is 0 Å². The molecule has 0 saturated carbocycles. The highest BCUT2D eigenvalue weighted by atomic mass is 79.9. The first-order valence-corrected chi connectivity index (χ1v) is 7.89. The fourth-order valence-corrected chi connectivity index (χ4v) is 2.72. The molecule has 0 amide bonds. The van der Waals surface area contributed by atoms with Gasteiger partial charge in [-0.25, -0.2) is 4.98 Å². The lowest BCUT2D eigenvalue weighted by atomic mass is 10.2. The van der Waals surface area contributed by atoms with Gasteiger partial charge in [0, 0.05) is 29.0 Å². The zero-order chi connectivity index (χ0) is 14.8. The van der Waals surface area contributed by atoms with Gasteiger partial charge in [0.1, 0.15) is 5.82 Å². The summed E-state index contributed by atoms with van der Waals surface area (Å²) >= 11 is 15.5. The quantitative estimate of drug-likeness (QED) is 0.571. The summed E-state index contributed by atoms with van der Waals surface area (Å²) in [6.45, 7) is 0.697. The van der Waals surface area contributed by atoms with Gasteiger partial charge in [-0.3, -0.25) is 0 Å². The van der Waals surface area contributed by atoms with Gasteiger partial charge in [0.05, 0.1) is 10.0 Å². The molecule has 0 unspecified atom stereocenters. The summed E-state index contributed by atoms with van der Waals surface area (Å²) in [5, 5.41) is 1.14. The van der Waals surface area contributed by atoms with E-state index in [4.69, 9.17) is 23.2 Å². The number of rotatable bonds is 3. The van der Waals surface area contributed by atoms with Crippen molar-refractivity contribution in [3.63, 3.8) is 0 Å². The Balaban J connectivity index is 1.92. The highest BCUT2D eigenvalue weighted by Gasteiger charge is 2.07. The molecule has 21 heavy (non-hydrogen) atoms. The number of halogens is 3. The van der Waals surface area contributed by atoms with Crippen molar-refractivity contribution in [1.82, 2.24) is 9.55 Å². The van der Waals surface area contributed by atoms with E-state index in [1.165, 1.54) is 0 Å². The highest BCUT2D eigenvalue weighted by molar-refractivity contribution is 9.10. The molecule has 0 fully saturated rings. The van der Waals surface area contributed by atoms with E-state index in [1.54, 1.807) is 6.20 Å². The molecule has 0 aliphatic rings. The first kappa shape index (κ1) is 14.6. The third-order valence-electron chi connectivity index (χ3n) is 3.15.